The molecule has 136 valence electrons. The summed E-state index contributed by atoms with van der Waals surface area (Å²) in [6.45, 7) is 2.01. The van der Waals surface area contributed by atoms with Gasteiger partial charge >= 0.3 is 0 Å². The molecule has 2 aromatic rings. The number of nitrogens with one attached hydrogen (secondary N) is 1. The summed E-state index contributed by atoms with van der Waals surface area (Å²) in [5, 5.41) is 3.89. The normalized spacial score (nSPS) is 13.7. The summed E-state index contributed by atoms with van der Waals surface area (Å²) >= 11 is 12.0. The summed E-state index contributed by atoms with van der Waals surface area (Å²) in [4.78, 5) is 26.5. The van der Waals surface area contributed by atoms with E-state index in [1.165, 1.54) is 0 Å². The average molecular weight is 391 g/mol. The second kappa shape index (κ2) is 8.56. The molecule has 0 saturated carbocycles. The standard InChI is InChI=1S/C20H20Cl2N2O2/c21-17-7-6-15(18(22)12-17)11-19(25)23-13-14-4-3-5-16(10-14)20(26)24-8-1-2-9-24/h3-7,10,12H,1-2,8-9,11,13H2,(H,23,25). The van der Waals surface area contributed by atoms with Crippen LogP contribution in [0.5, 0.6) is 0 Å². The molecule has 0 aromatic heterocycles. The number of halogens is 2. The number of amides is 2. The van der Waals surface area contributed by atoms with Crippen LogP contribution >= 0.6 is 23.2 Å². The minimum Gasteiger partial charge on any atom is -0.352 e. The fourth-order valence-corrected chi connectivity index (χ4v) is 3.49. The molecule has 1 fully saturated rings. The van der Waals surface area contributed by atoms with Gasteiger partial charge in [-0.15, -0.1) is 0 Å². The van der Waals surface area contributed by atoms with Gasteiger partial charge in [0, 0.05) is 35.2 Å². The van der Waals surface area contributed by atoms with Crippen molar-refractivity contribution < 1.29 is 9.59 Å². The van der Waals surface area contributed by atoms with Crippen LogP contribution in [-0.2, 0) is 17.8 Å². The third-order valence-corrected chi connectivity index (χ3v) is 5.01. The van der Waals surface area contributed by atoms with Crippen LogP contribution in [0.3, 0.4) is 0 Å². The van der Waals surface area contributed by atoms with Gasteiger partial charge in [0.05, 0.1) is 6.42 Å². The zero-order valence-corrected chi connectivity index (χ0v) is 15.8. The van der Waals surface area contributed by atoms with Gasteiger partial charge in [-0.1, -0.05) is 41.4 Å². The molecule has 0 bridgehead atoms. The van der Waals surface area contributed by atoms with E-state index in [2.05, 4.69) is 5.32 Å². The Bertz CT molecular complexity index is 817. The van der Waals surface area contributed by atoms with Gasteiger partial charge in [0.25, 0.3) is 5.91 Å². The highest BCUT2D eigenvalue weighted by molar-refractivity contribution is 6.35. The van der Waals surface area contributed by atoms with Crippen LogP contribution in [-0.4, -0.2) is 29.8 Å². The number of likely N-dealkylation sites (tertiary alicyclic amines) is 1. The van der Waals surface area contributed by atoms with Crippen molar-refractivity contribution in [2.75, 3.05) is 13.1 Å². The van der Waals surface area contributed by atoms with Crippen molar-refractivity contribution in [3.05, 3.63) is 69.2 Å². The summed E-state index contributed by atoms with van der Waals surface area (Å²) in [5.41, 5.74) is 2.29. The Morgan fingerprint density at radius 3 is 2.54 bits per heavy atom. The number of carbonyl (C=O) groups is 2. The van der Waals surface area contributed by atoms with Gasteiger partial charge in [0.2, 0.25) is 5.91 Å². The van der Waals surface area contributed by atoms with E-state index in [1.807, 2.05) is 29.2 Å². The summed E-state index contributed by atoms with van der Waals surface area (Å²) in [6, 6.07) is 12.5. The molecule has 1 saturated heterocycles. The fourth-order valence-electron chi connectivity index (χ4n) is 3.02. The van der Waals surface area contributed by atoms with Gasteiger partial charge in [-0.25, -0.2) is 0 Å². The SMILES string of the molecule is O=C(Cc1ccc(Cl)cc1Cl)NCc1cccc(C(=O)N2CCCC2)c1. The molecule has 1 N–H and O–H groups in total. The number of rotatable bonds is 5. The molecule has 0 radical (unpaired) electrons. The summed E-state index contributed by atoms with van der Waals surface area (Å²) in [6.07, 6.45) is 2.31. The third kappa shape index (κ3) is 4.77. The summed E-state index contributed by atoms with van der Waals surface area (Å²) < 4.78 is 0. The van der Waals surface area contributed by atoms with E-state index in [0.717, 1.165) is 37.1 Å². The van der Waals surface area contributed by atoms with E-state index in [1.54, 1.807) is 18.2 Å². The lowest BCUT2D eigenvalue weighted by atomic mass is 10.1. The Hall–Kier alpha value is -2.04. The van der Waals surface area contributed by atoms with Crippen molar-refractivity contribution in [1.82, 2.24) is 10.2 Å². The van der Waals surface area contributed by atoms with Gasteiger partial charge in [-0.05, 0) is 48.2 Å². The van der Waals surface area contributed by atoms with Gasteiger partial charge in [-0.2, -0.15) is 0 Å². The topological polar surface area (TPSA) is 49.4 Å². The molecule has 1 aliphatic heterocycles. The number of carbonyl (C=O) groups excluding carboxylic acids is 2. The van der Waals surface area contributed by atoms with Crippen molar-refractivity contribution in [1.29, 1.82) is 0 Å². The van der Waals surface area contributed by atoms with Crippen LogP contribution in [0, 0.1) is 0 Å². The lowest BCUT2D eigenvalue weighted by Crippen LogP contribution is -2.28. The highest BCUT2D eigenvalue weighted by atomic mass is 35.5. The zero-order chi connectivity index (χ0) is 18.5. The lowest BCUT2D eigenvalue weighted by molar-refractivity contribution is -0.120. The number of hydrogen-bond acceptors (Lipinski definition) is 2. The van der Waals surface area contributed by atoms with E-state index in [9.17, 15) is 9.59 Å². The maximum atomic E-state index is 12.5. The lowest BCUT2D eigenvalue weighted by Gasteiger charge is -2.15. The predicted octanol–water partition coefficient (Wildman–Crippen LogP) is 4.09. The number of hydrogen-bond donors (Lipinski definition) is 1. The van der Waals surface area contributed by atoms with Gasteiger partial charge in [0.15, 0.2) is 0 Å². The predicted molar refractivity (Wildman–Crippen MR) is 104 cm³/mol. The molecule has 0 spiro atoms. The van der Waals surface area contributed by atoms with Crippen LogP contribution in [0.4, 0.5) is 0 Å². The molecule has 26 heavy (non-hydrogen) atoms. The van der Waals surface area contributed by atoms with E-state index < -0.39 is 0 Å². The molecule has 3 rings (SSSR count). The van der Waals surface area contributed by atoms with E-state index >= 15 is 0 Å². The molecule has 1 aliphatic rings. The average Bonchev–Trinajstić information content (AvgIpc) is 3.17. The van der Waals surface area contributed by atoms with Crippen LogP contribution in [0.25, 0.3) is 0 Å². The Morgan fingerprint density at radius 2 is 1.81 bits per heavy atom. The van der Waals surface area contributed by atoms with Crippen molar-refractivity contribution in [2.45, 2.75) is 25.8 Å². The van der Waals surface area contributed by atoms with E-state index in [4.69, 9.17) is 23.2 Å². The zero-order valence-electron chi connectivity index (χ0n) is 14.3. The second-order valence-corrected chi connectivity index (χ2v) is 7.23. The van der Waals surface area contributed by atoms with Crippen LogP contribution in [0.2, 0.25) is 10.0 Å². The molecule has 4 nitrogen and oxygen atoms in total. The third-order valence-electron chi connectivity index (χ3n) is 4.42. The van der Waals surface area contributed by atoms with Gasteiger partial charge in [0.1, 0.15) is 0 Å². The second-order valence-electron chi connectivity index (χ2n) is 6.39. The van der Waals surface area contributed by atoms with Crippen molar-refractivity contribution in [3.63, 3.8) is 0 Å². The Balaban J connectivity index is 1.58. The fraction of sp³-hybridized carbons (Fsp3) is 0.300. The summed E-state index contributed by atoms with van der Waals surface area (Å²) in [7, 11) is 0. The first-order valence-corrected chi connectivity index (χ1v) is 9.37. The molecule has 1 heterocycles. The maximum absolute atomic E-state index is 12.5. The van der Waals surface area contributed by atoms with Crippen LogP contribution < -0.4 is 5.32 Å². The maximum Gasteiger partial charge on any atom is 0.253 e. The molecule has 6 heteroatoms. The van der Waals surface area contributed by atoms with Crippen molar-refractivity contribution in [2.24, 2.45) is 0 Å². The molecule has 0 unspecified atom stereocenters. The molecular formula is C20H20Cl2N2O2. The molecule has 2 aromatic carbocycles. The number of benzene rings is 2. The first kappa shape index (κ1) is 18.7. The van der Waals surface area contributed by atoms with Crippen molar-refractivity contribution in [3.8, 4) is 0 Å². The highest BCUT2D eigenvalue weighted by Gasteiger charge is 2.19. The quantitative estimate of drug-likeness (QED) is 0.835. The van der Waals surface area contributed by atoms with E-state index in [0.29, 0.717) is 22.2 Å². The Kier molecular flexibility index (Phi) is 6.17. The molecule has 2 amide bonds. The number of nitrogens with zero attached hydrogens (tertiary/aromatic N) is 1. The van der Waals surface area contributed by atoms with Gasteiger partial charge < -0.3 is 10.2 Å². The monoisotopic (exact) mass is 390 g/mol. The van der Waals surface area contributed by atoms with Crippen LogP contribution in [0.15, 0.2) is 42.5 Å². The van der Waals surface area contributed by atoms with Crippen molar-refractivity contribution >= 4 is 35.0 Å². The Morgan fingerprint density at radius 1 is 1.04 bits per heavy atom. The largest absolute Gasteiger partial charge is 0.352 e. The van der Waals surface area contributed by atoms with Crippen LogP contribution in [0.1, 0.15) is 34.3 Å². The highest BCUT2D eigenvalue weighted by Crippen LogP contribution is 2.21. The smallest absolute Gasteiger partial charge is 0.253 e. The first-order valence-electron chi connectivity index (χ1n) is 8.62. The first-order chi connectivity index (χ1) is 12.5. The molecule has 0 aliphatic carbocycles. The minimum atomic E-state index is -0.134. The summed E-state index contributed by atoms with van der Waals surface area (Å²) in [5.74, 6) is -0.0749. The molecule has 0 atom stereocenters. The minimum absolute atomic E-state index is 0.0589. The Labute approximate surface area is 163 Å². The molecular weight excluding hydrogens is 371 g/mol. The van der Waals surface area contributed by atoms with Gasteiger partial charge in [-0.3, -0.25) is 9.59 Å². The van der Waals surface area contributed by atoms with E-state index in [-0.39, 0.29) is 18.2 Å².